The molecule has 0 fully saturated rings. The number of amides is 1. The van der Waals surface area contributed by atoms with Crippen molar-refractivity contribution < 1.29 is 13.9 Å². The Morgan fingerprint density at radius 1 is 1.26 bits per heavy atom. The van der Waals surface area contributed by atoms with Gasteiger partial charge in [-0.15, -0.1) is 0 Å². The molecule has 0 aliphatic heterocycles. The van der Waals surface area contributed by atoms with Gasteiger partial charge in [-0.3, -0.25) is 4.79 Å². The standard InChI is InChI=1S/C18H19BrFNO2/c1-21(12-14-5-3-4-6-16(14)20)18(22)10-8-13-7-9-17(23-2)15(19)11-13/h3-7,9,11H,8,10,12H2,1-2H3. The third kappa shape index (κ3) is 4.79. The molecular formula is C18H19BrFNO2. The Kier molecular flexibility index (Phi) is 6.16. The van der Waals surface area contributed by atoms with E-state index in [1.165, 1.54) is 6.07 Å². The number of carbonyl (C=O) groups excluding carboxylic acids is 1. The van der Waals surface area contributed by atoms with Crippen LogP contribution in [0.4, 0.5) is 4.39 Å². The molecule has 0 bridgehead atoms. The minimum absolute atomic E-state index is 0.0137. The second-order valence-corrected chi connectivity index (χ2v) is 6.16. The number of aryl methyl sites for hydroxylation is 1. The quantitative estimate of drug-likeness (QED) is 0.752. The third-order valence-corrected chi connectivity index (χ3v) is 4.25. The van der Waals surface area contributed by atoms with Crippen LogP contribution in [-0.2, 0) is 17.8 Å². The lowest BCUT2D eigenvalue weighted by molar-refractivity contribution is -0.130. The van der Waals surface area contributed by atoms with E-state index >= 15 is 0 Å². The molecular weight excluding hydrogens is 361 g/mol. The smallest absolute Gasteiger partial charge is 0.222 e. The topological polar surface area (TPSA) is 29.5 Å². The van der Waals surface area contributed by atoms with E-state index in [-0.39, 0.29) is 18.3 Å². The van der Waals surface area contributed by atoms with E-state index in [0.717, 1.165) is 15.8 Å². The van der Waals surface area contributed by atoms with E-state index in [1.54, 1.807) is 37.3 Å². The van der Waals surface area contributed by atoms with Crippen molar-refractivity contribution in [2.24, 2.45) is 0 Å². The highest BCUT2D eigenvalue weighted by atomic mass is 79.9. The molecule has 0 heterocycles. The summed E-state index contributed by atoms with van der Waals surface area (Å²) in [5, 5.41) is 0. The van der Waals surface area contributed by atoms with Gasteiger partial charge in [-0.2, -0.15) is 0 Å². The molecule has 5 heteroatoms. The number of hydrogen-bond donors (Lipinski definition) is 0. The number of hydrogen-bond acceptors (Lipinski definition) is 2. The maximum atomic E-state index is 13.6. The minimum atomic E-state index is -0.286. The van der Waals surface area contributed by atoms with Gasteiger partial charge in [0.05, 0.1) is 11.6 Å². The number of methoxy groups -OCH3 is 1. The molecule has 0 atom stereocenters. The van der Waals surface area contributed by atoms with Crippen molar-refractivity contribution in [3.05, 3.63) is 63.9 Å². The lowest BCUT2D eigenvalue weighted by Gasteiger charge is -2.17. The van der Waals surface area contributed by atoms with Gasteiger partial charge in [-0.25, -0.2) is 4.39 Å². The van der Waals surface area contributed by atoms with Crippen LogP contribution in [0.15, 0.2) is 46.9 Å². The average Bonchev–Trinajstić information content (AvgIpc) is 2.54. The molecule has 3 nitrogen and oxygen atoms in total. The number of carbonyl (C=O) groups is 1. The zero-order valence-electron chi connectivity index (χ0n) is 13.2. The highest BCUT2D eigenvalue weighted by Gasteiger charge is 2.12. The molecule has 23 heavy (non-hydrogen) atoms. The summed E-state index contributed by atoms with van der Waals surface area (Å²) in [6.07, 6.45) is 1.01. The van der Waals surface area contributed by atoms with E-state index in [2.05, 4.69) is 15.9 Å². The van der Waals surface area contributed by atoms with Crippen molar-refractivity contribution >= 4 is 21.8 Å². The largest absolute Gasteiger partial charge is 0.496 e. The Balaban J connectivity index is 1.91. The van der Waals surface area contributed by atoms with Crippen molar-refractivity contribution in [2.45, 2.75) is 19.4 Å². The summed E-state index contributed by atoms with van der Waals surface area (Å²) in [7, 11) is 3.31. The van der Waals surface area contributed by atoms with Crippen LogP contribution in [0.5, 0.6) is 5.75 Å². The highest BCUT2D eigenvalue weighted by Crippen LogP contribution is 2.26. The lowest BCUT2D eigenvalue weighted by Crippen LogP contribution is -2.26. The van der Waals surface area contributed by atoms with Crippen LogP contribution < -0.4 is 4.74 Å². The van der Waals surface area contributed by atoms with E-state index in [0.29, 0.717) is 18.4 Å². The molecule has 0 spiro atoms. The normalized spacial score (nSPS) is 10.4. The molecule has 0 aromatic heterocycles. The van der Waals surface area contributed by atoms with E-state index in [4.69, 9.17) is 4.74 Å². The van der Waals surface area contributed by atoms with Gasteiger partial charge in [-0.05, 0) is 46.1 Å². The van der Waals surface area contributed by atoms with Crippen molar-refractivity contribution in [1.82, 2.24) is 4.90 Å². The van der Waals surface area contributed by atoms with Crippen LogP contribution in [0, 0.1) is 5.82 Å². The zero-order valence-corrected chi connectivity index (χ0v) is 14.8. The molecule has 2 aromatic carbocycles. The predicted octanol–water partition coefficient (Wildman–Crippen LogP) is 4.19. The van der Waals surface area contributed by atoms with Gasteiger partial charge in [0.15, 0.2) is 0 Å². The Morgan fingerprint density at radius 2 is 2.00 bits per heavy atom. The minimum Gasteiger partial charge on any atom is -0.496 e. The summed E-state index contributed by atoms with van der Waals surface area (Å²) in [5.74, 6) is 0.461. The molecule has 2 aromatic rings. The first-order valence-corrected chi connectivity index (χ1v) is 8.10. The van der Waals surface area contributed by atoms with Crippen LogP contribution in [0.3, 0.4) is 0 Å². The molecule has 0 aliphatic carbocycles. The fourth-order valence-electron chi connectivity index (χ4n) is 2.28. The summed E-state index contributed by atoms with van der Waals surface area (Å²) in [6, 6.07) is 12.3. The van der Waals surface area contributed by atoms with Gasteiger partial charge in [0.25, 0.3) is 0 Å². The van der Waals surface area contributed by atoms with E-state index < -0.39 is 0 Å². The predicted molar refractivity (Wildman–Crippen MR) is 91.9 cm³/mol. The summed E-state index contributed by atoms with van der Waals surface area (Å²) < 4.78 is 19.7. The van der Waals surface area contributed by atoms with Gasteiger partial charge in [0.1, 0.15) is 11.6 Å². The highest BCUT2D eigenvalue weighted by molar-refractivity contribution is 9.10. The molecule has 0 saturated heterocycles. The van der Waals surface area contributed by atoms with Crippen molar-refractivity contribution in [3.63, 3.8) is 0 Å². The Morgan fingerprint density at radius 3 is 2.65 bits per heavy atom. The summed E-state index contributed by atoms with van der Waals surface area (Å²) in [4.78, 5) is 13.8. The first-order chi connectivity index (χ1) is 11.0. The van der Waals surface area contributed by atoms with Gasteiger partial charge >= 0.3 is 0 Å². The molecule has 0 aliphatic rings. The molecule has 0 N–H and O–H groups in total. The fourth-order valence-corrected chi connectivity index (χ4v) is 2.87. The van der Waals surface area contributed by atoms with Gasteiger partial charge < -0.3 is 9.64 Å². The number of nitrogens with zero attached hydrogens (tertiary/aromatic N) is 1. The van der Waals surface area contributed by atoms with Crippen LogP contribution in [0.1, 0.15) is 17.5 Å². The maximum Gasteiger partial charge on any atom is 0.222 e. The first kappa shape index (κ1) is 17.5. The second-order valence-electron chi connectivity index (χ2n) is 5.31. The average molecular weight is 380 g/mol. The third-order valence-electron chi connectivity index (χ3n) is 3.63. The summed E-state index contributed by atoms with van der Waals surface area (Å²) >= 11 is 3.43. The van der Waals surface area contributed by atoms with Gasteiger partial charge in [0, 0.05) is 25.6 Å². The first-order valence-electron chi connectivity index (χ1n) is 7.31. The fraction of sp³-hybridized carbons (Fsp3) is 0.278. The summed E-state index contributed by atoms with van der Waals surface area (Å²) in [6.45, 7) is 0.276. The van der Waals surface area contributed by atoms with Crippen molar-refractivity contribution in [3.8, 4) is 5.75 Å². The molecule has 0 radical (unpaired) electrons. The number of benzene rings is 2. The number of halogens is 2. The zero-order chi connectivity index (χ0) is 16.8. The summed E-state index contributed by atoms with van der Waals surface area (Å²) in [5.41, 5.74) is 1.57. The van der Waals surface area contributed by atoms with Crippen LogP contribution in [0.2, 0.25) is 0 Å². The molecule has 0 unspecified atom stereocenters. The van der Waals surface area contributed by atoms with Crippen molar-refractivity contribution in [1.29, 1.82) is 0 Å². The Bertz CT molecular complexity index is 690. The number of ether oxygens (including phenoxy) is 1. The molecule has 122 valence electrons. The van der Waals surface area contributed by atoms with E-state index in [1.807, 2.05) is 18.2 Å². The Hall–Kier alpha value is -1.88. The SMILES string of the molecule is COc1ccc(CCC(=O)N(C)Cc2ccccc2F)cc1Br. The van der Waals surface area contributed by atoms with Crippen LogP contribution >= 0.6 is 15.9 Å². The van der Waals surface area contributed by atoms with Crippen molar-refractivity contribution in [2.75, 3.05) is 14.2 Å². The molecule has 2 rings (SSSR count). The molecule has 0 saturated carbocycles. The van der Waals surface area contributed by atoms with Gasteiger partial charge in [0.2, 0.25) is 5.91 Å². The van der Waals surface area contributed by atoms with Crippen LogP contribution in [-0.4, -0.2) is 25.0 Å². The van der Waals surface area contributed by atoms with Crippen LogP contribution in [0.25, 0.3) is 0 Å². The lowest BCUT2D eigenvalue weighted by atomic mass is 10.1. The maximum absolute atomic E-state index is 13.6. The van der Waals surface area contributed by atoms with E-state index in [9.17, 15) is 9.18 Å². The number of rotatable bonds is 6. The second kappa shape index (κ2) is 8.11. The van der Waals surface area contributed by atoms with Gasteiger partial charge in [-0.1, -0.05) is 24.3 Å². The molecule has 1 amide bonds. The Labute approximate surface area is 144 Å². The monoisotopic (exact) mass is 379 g/mol.